The molecule has 0 radical (unpaired) electrons. The predicted octanol–water partition coefficient (Wildman–Crippen LogP) is 5.78. The van der Waals surface area contributed by atoms with Gasteiger partial charge in [0.05, 0.1) is 0 Å². The lowest BCUT2D eigenvalue weighted by Gasteiger charge is -2.14. The molecule has 2 heteroatoms. The number of halogens is 1. The maximum Gasteiger partial charge on any atom is 0.0481 e. The van der Waals surface area contributed by atoms with Crippen molar-refractivity contribution in [2.75, 3.05) is 0 Å². The van der Waals surface area contributed by atoms with Gasteiger partial charge in [-0.3, -0.25) is 0 Å². The molecule has 0 aromatic heterocycles. The Balaban J connectivity index is 2.12. The van der Waals surface area contributed by atoms with Crippen LogP contribution in [0.2, 0.25) is 5.02 Å². The molecular weight excluding hydrogens is 290 g/mol. The van der Waals surface area contributed by atoms with Gasteiger partial charge < -0.3 is 5.32 Å². The number of hydrogen-bond donors (Lipinski definition) is 1. The topological polar surface area (TPSA) is 12.0 Å². The number of nitrogens with one attached hydrogen (secondary N) is 1. The van der Waals surface area contributed by atoms with E-state index in [1.54, 1.807) is 6.08 Å². The van der Waals surface area contributed by atoms with E-state index in [1.165, 1.54) is 0 Å². The molecule has 2 aromatic carbocycles. The van der Waals surface area contributed by atoms with Crippen molar-refractivity contribution in [1.82, 2.24) is 5.32 Å². The lowest BCUT2D eigenvalue weighted by Crippen LogP contribution is -2.12. The minimum absolute atomic E-state index is 0.667. The third-order valence-corrected chi connectivity index (χ3v) is 3.83. The molecular formula is C20H20ClN. The number of allylic oxidation sites excluding steroid dienone is 1. The highest BCUT2D eigenvalue weighted by Crippen LogP contribution is 2.23. The Kier molecular flexibility index (Phi) is 5.24. The van der Waals surface area contributed by atoms with E-state index >= 15 is 0 Å². The summed E-state index contributed by atoms with van der Waals surface area (Å²) in [5, 5.41) is 4.07. The maximum absolute atomic E-state index is 6.20. The van der Waals surface area contributed by atoms with Crippen molar-refractivity contribution in [3.05, 3.63) is 89.5 Å². The van der Waals surface area contributed by atoms with Crippen molar-refractivity contribution in [1.29, 1.82) is 0 Å². The minimum Gasteiger partial charge on any atom is -0.381 e. The summed E-state index contributed by atoms with van der Waals surface area (Å²) in [4.78, 5) is 0. The first kappa shape index (κ1) is 16.1. The Morgan fingerprint density at radius 2 is 1.82 bits per heavy atom. The maximum atomic E-state index is 6.20. The van der Waals surface area contributed by atoms with Crippen LogP contribution < -0.4 is 5.32 Å². The molecule has 2 aromatic rings. The van der Waals surface area contributed by atoms with E-state index in [2.05, 4.69) is 31.1 Å². The first-order chi connectivity index (χ1) is 10.5. The van der Waals surface area contributed by atoms with Gasteiger partial charge in [-0.15, -0.1) is 0 Å². The van der Waals surface area contributed by atoms with Crippen LogP contribution in [-0.2, 0) is 6.54 Å². The first-order valence-electron chi connectivity index (χ1n) is 7.12. The lowest BCUT2D eigenvalue weighted by atomic mass is 10.00. The summed E-state index contributed by atoms with van der Waals surface area (Å²) in [6.45, 7) is 14.6. The van der Waals surface area contributed by atoms with Crippen LogP contribution in [0, 0.1) is 0 Å². The fourth-order valence-corrected chi connectivity index (χ4v) is 2.55. The summed E-state index contributed by atoms with van der Waals surface area (Å²) in [7, 11) is 0. The summed E-state index contributed by atoms with van der Waals surface area (Å²) in [6.07, 6.45) is 1.75. The van der Waals surface area contributed by atoms with Crippen LogP contribution in [0.15, 0.2) is 62.2 Å². The molecule has 0 bridgehead atoms. The zero-order valence-corrected chi connectivity index (χ0v) is 13.6. The summed E-state index contributed by atoms with van der Waals surface area (Å²) < 4.78 is 0. The Morgan fingerprint density at radius 1 is 1.14 bits per heavy atom. The normalized spacial score (nSPS) is 10.1. The second-order valence-corrected chi connectivity index (χ2v) is 5.63. The van der Waals surface area contributed by atoms with Gasteiger partial charge in [0.25, 0.3) is 0 Å². The Hall–Kier alpha value is -2.25. The third-order valence-electron chi connectivity index (χ3n) is 3.50. The second kappa shape index (κ2) is 7.15. The molecule has 0 fully saturated rings. The van der Waals surface area contributed by atoms with E-state index in [4.69, 9.17) is 11.6 Å². The van der Waals surface area contributed by atoms with Crippen LogP contribution in [0.4, 0.5) is 0 Å². The van der Waals surface area contributed by atoms with Gasteiger partial charge >= 0.3 is 0 Å². The Morgan fingerprint density at radius 3 is 2.41 bits per heavy atom. The SMILES string of the molecule is C=Cc1ccc(CNC(=C)c2ccccc2C(=C)C)cc1Cl. The van der Waals surface area contributed by atoms with Crippen LogP contribution >= 0.6 is 11.6 Å². The van der Waals surface area contributed by atoms with Gasteiger partial charge in [0.2, 0.25) is 0 Å². The quantitative estimate of drug-likeness (QED) is 0.713. The average molecular weight is 310 g/mol. The second-order valence-electron chi connectivity index (χ2n) is 5.22. The van der Waals surface area contributed by atoms with Gasteiger partial charge in [-0.05, 0) is 29.7 Å². The van der Waals surface area contributed by atoms with Crippen molar-refractivity contribution < 1.29 is 0 Å². The highest BCUT2D eigenvalue weighted by atomic mass is 35.5. The Bertz CT molecular complexity index is 728. The molecule has 2 rings (SSSR count). The van der Waals surface area contributed by atoms with Crippen molar-refractivity contribution in [2.24, 2.45) is 0 Å². The molecule has 0 unspecified atom stereocenters. The number of benzene rings is 2. The van der Waals surface area contributed by atoms with Gasteiger partial charge in [-0.2, -0.15) is 0 Å². The molecule has 1 N–H and O–H groups in total. The van der Waals surface area contributed by atoms with Gasteiger partial charge in [0, 0.05) is 22.8 Å². The molecule has 0 amide bonds. The van der Waals surface area contributed by atoms with Crippen molar-refractivity contribution >= 4 is 28.9 Å². The minimum atomic E-state index is 0.667. The molecule has 0 aliphatic heterocycles. The van der Waals surface area contributed by atoms with E-state index in [0.717, 1.165) is 33.5 Å². The van der Waals surface area contributed by atoms with Crippen molar-refractivity contribution in [3.8, 4) is 0 Å². The van der Waals surface area contributed by atoms with E-state index in [-0.39, 0.29) is 0 Å². The van der Waals surface area contributed by atoms with Crippen LogP contribution in [0.25, 0.3) is 17.3 Å². The van der Waals surface area contributed by atoms with E-state index < -0.39 is 0 Å². The smallest absolute Gasteiger partial charge is 0.0481 e. The summed E-state index contributed by atoms with van der Waals surface area (Å²) in [5.41, 5.74) is 6.13. The molecule has 0 saturated carbocycles. The molecule has 0 aliphatic rings. The lowest BCUT2D eigenvalue weighted by molar-refractivity contribution is 0.891. The predicted molar refractivity (Wildman–Crippen MR) is 98.6 cm³/mol. The summed E-state index contributed by atoms with van der Waals surface area (Å²) >= 11 is 6.20. The third kappa shape index (κ3) is 3.69. The molecule has 1 nitrogen and oxygen atoms in total. The highest BCUT2D eigenvalue weighted by Gasteiger charge is 2.06. The van der Waals surface area contributed by atoms with Crippen molar-refractivity contribution in [3.63, 3.8) is 0 Å². The first-order valence-corrected chi connectivity index (χ1v) is 7.49. The summed E-state index contributed by atoms with van der Waals surface area (Å²) in [6, 6.07) is 14.1. The Labute approximate surface area is 137 Å². The van der Waals surface area contributed by atoms with Gasteiger partial charge in [-0.25, -0.2) is 0 Å². The molecule has 0 spiro atoms. The molecule has 112 valence electrons. The largest absolute Gasteiger partial charge is 0.381 e. The fourth-order valence-electron chi connectivity index (χ4n) is 2.27. The fraction of sp³-hybridized carbons (Fsp3) is 0.100. The van der Waals surface area contributed by atoms with Crippen LogP contribution in [-0.4, -0.2) is 0 Å². The van der Waals surface area contributed by atoms with Crippen LogP contribution in [0.1, 0.15) is 29.2 Å². The van der Waals surface area contributed by atoms with Crippen molar-refractivity contribution in [2.45, 2.75) is 13.5 Å². The standard InChI is InChI=1S/C20H20ClN/c1-5-17-11-10-16(12-20(17)21)13-22-15(4)19-9-7-6-8-18(19)14(2)3/h5-12,22H,1-2,4,13H2,3H3. The molecule has 0 heterocycles. The van der Waals surface area contributed by atoms with Crippen LogP contribution in [0.3, 0.4) is 0 Å². The molecule has 0 atom stereocenters. The van der Waals surface area contributed by atoms with E-state index in [9.17, 15) is 0 Å². The average Bonchev–Trinajstić information content (AvgIpc) is 2.52. The number of hydrogen-bond acceptors (Lipinski definition) is 1. The zero-order valence-electron chi connectivity index (χ0n) is 12.8. The summed E-state index contributed by atoms with van der Waals surface area (Å²) in [5.74, 6) is 0. The van der Waals surface area contributed by atoms with Gasteiger partial charge in [-0.1, -0.05) is 79.4 Å². The molecule has 22 heavy (non-hydrogen) atoms. The number of rotatable bonds is 6. The monoisotopic (exact) mass is 309 g/mol. The van der Waals surface area contributed by atoms with Crippen LogP contribution in [0.5, 0.6) is 0 Å². The van der Waals surface area contributed by atoms with E-state index in [0.29, 0.717) is 11.6 Å². The zero-order chi connectivity index (χ0) is 16.1. The highest BCUT2D eigenvalue weighted by molar-refractivity contribution is 6.32. The van der Waals surface area contributed by atoms with Gasteiger partial charge in [0.15, 0.2) is 0 Å². The molecule has 0 saturated heterocycles. The molecule has 0 aliphatic carbocycles. The van der Waals surface area contributed by atoms with E-state index in [1.807, 2.05) is 43.3 Å². The van der Waals surface area contributed by atoms with Gasteiger partial charge in [0.1, 0.15) is 0 Å².